The molecule has 0 aromatic heterocycles. The first-order chi connectivity index (χ1) is 17.1. The maximum absolute atomic E-state index is 12.3. The van der Waals surface area contributed by atoms with E-state index in [2.05, 4.69) is 0 Å². The van der Waals surface area contributed by atoms with Gasteiger partial charge in [0.2, 0.25) is 0 Å². The fourth-order valence-electron chi connectivity index (χ4n) is 4.72. The fraction of sp³-hybridized carbons (Fsp3) is 0.231. The number of hydrogen-bond acceptors (Lipinski definition) is 7. The molecule has 3 aromatic rings. The average Bonchev–Trinajstić information content (AvgIpc) is 3.16. The molecule has 186 valence electrons. The first kappa shape index (κ1) is 24.6. The van der Waals surface area contributed by atoms with Gasteiger partial charge in [0.05, 0.1) is 18.9 Å². The molecule has 5 rings (SSSR count). The molecule has 2 atom stereocenters. The number of amidine groups is 1. The second-order valence-corrected chi connectivity index (χ2v) is 12.1. The van der Waals surface area contributed by atoms with Gasteiger partial charge in [0.1, 0.15) is 11.6 Å². The lowest BCUT2D eigenvalue weighted by Crippen LogP contribution is -2.52. The van der Waals surface area contributed by atoms with Gasteiger partial charge in [-0.15, -0.1) is 0 Å². The zero-order valence-electron chi connectivity index (χ0n) is 19.7. The van der Waals surface area contributed by atoms with Crippen LogP contribution in [0.25, 0.3) is 11.1 Å². The number of benzene rings is 3. The second kappa shape index (κ2) is 9.10. The number of nitrogens with zero attached hydrogens (tertiary/aromatic N) is 3. The Labute approximate surface area is 220 Å². The summed E-state index contributed by atoms with van der Waals surface area (Å²) in [6.07, 6.45) is 1.22. The highest BCUT2D eigenvalue weighted by Gasteiger charge is 2.51. The van der Waals surface area contributed by atoms with Crippen LogP contribution < -0.4 is 10.5 Å². The van der Waals surface area contributed by atoms with E-state index >= 15 is 0 Å². The molecule has 7 nitrogen and oxygen atoms in total. The highest BCUT2D eigenvalue weighted by atomic mass is 35.5. The van der Waals surface area contributed by atoms with Gasteiger partial charge < -0.3 is 10.5 Å². The van der Waals surface area contributed by atoms with E-state index in [4.69, 9.17) is 43.7 Å². The number of ether oxygens (including phenoxy) is 1. The quantitative estimate of drug-likeness (QED) is 0.516. The van der Waals surface area contributed by atoms with Crippen LogP contribution in [0.3, 0.4) is 0 Å². The normalized spacial score (nSPS) is 21.6. The summed E-state index contributed by atoms with van der Waals surface area (Å²) < 4.78 is 30.0. The van der Waals surface area contributed by atoms with Gasteiger partial charge >= 0.3 is 0 Å². The first-order valence-corrected chi connectivity index (χ1v) is 13.9. The topological polar surface area (TPSA) is 97.4 Å². The van der Waals surface area contributed by atoms with Crippen molar-refractivity contribution in [1.82, 2.24) is 4.90 Å². The van der Waals surface area contributed by atoms with E-state index in [-0.39, 0.29) is 19.0 Å². The van der Waals surface area contributed by atoms with Crippen molar-refractivity contribution in [2.45, 2.75) is 10.8 Å². The van der Waals surface area contributed by atoms with Crippen LogP contribution in [0.1, 0.15) is 11.1 Å². The van der Waals surface area contributed by atoms with Gasteiger partial charge in [-0.25, -0.2) is 13.4 Å². The monoisotopic (exact) mass is 542 g/mol. The van der Waals surface area contributed by atoms with Crippen LogP contribution in [0, 0.1) is 0 Å². The third-order valence-electron chi connectivity index (χ3n) is 6.56. The van der Waals surface area contributed by atoms with E-state index < -0.39 is 20.6 Å². The van der Waals surface area contributed by atoms with Gasteiger partial charge in [-0.3, -0.25) is 9.89 Å². The van der Waals surface area contributed by atoms with E-state index in [0.717, 1.165) is 22.3 Å². The SMILES string of the molecule is COc1ccc(C2(c3cccc(-c4cc(Cl)cc(Cl)c4)c3)N=C(N)N3CC(S(C)(=O)=O)CN=C32)cc1. The Morgan fingerprint density at radius 1 is 1.00 bits per heavy atom. The number of aliphatic imine (C=N–C) groups is 2. The van der Waals surface area contributed by atoms with Crippen molar-refractivity contribution in [1.29, 1.82) is 0 Å². The first-order valence-electron chi connectivity index (χ1n) is 11.2. The average molecular weight is 543 g/mol. The van der Waals surface area contributed by atoms with Crippen LogP contribution in [-0.4, -0.2) is 56.8 Å². The number of methoxy groups -OCH3 is 1. The number of hydrogen-bond donors (Lipinski definition) is 1. The number of nitrogens with two attached hydrogens (primary N) is 1. The van der Waals surface area contributed by atoms with E-state index in [1.165, 1.54) is 6.26 Å². The lowest BCUT2D eigenvalue weighted by molar-refractivity contribution is 0.414. The molecule has 0 amide bonds. The van der Waals surface area contributed by atoms with E-state index in [0.29, 0.717) is 21.6 Å². The molecule has 10 heteroatoms. The highest BCUT2D eigenvalue weighted by Crippen LogP contribution is 2.43. The summed E-state index contributed by atoms with van der Waals surface area (Å²) in [5, 5.41) is 0.401. The van der Waals surface area contributed by atoms with Crippen molar-refractivity contribution in [2.75, 3.05) is 26.5 Å². The largest absolute Gasteiger partial charge is 0.497 e. The summed E-state index contributed by atoms with van der Waals surface area (Å²) in [5.41, 5.74) is 8.75. The van der Waals surface area contributed by atoms with Crippen molar-refractivity contribution in [3.63, 3.8) is 0 Å². The minimum absolute atomic E-state index is 0.134. The molecule has 0 fully saturated rings. The van der Waals surface area contributed by atoms with E-state index in [1.807, 2.05) is 60.7 Å². The maximum atomic E-state index is 12.3. The van der Waals surface area contributed by atoms with Crippen molar-refractivity contribution in [3.8, 4) is 16.9 Å². The molecule has 0 spiro atoms. The van der Waals surface area contributed by atoms with Crippen molar-refractivity contribution >= 4 is 44.8 Å². The summed E-state index contributed by atoms with van der Waals surface area (Å²) in [6, 6.07) is 20.8. The molecule has 0 radical (unpaired) electrons. The second-order valence-electron chi connectivity index (χ2n) is 8.87. The van der Waals surface area contributed by atoms with E-state index in [1.54, 1.807) is 18.1 Å². The summed E-state index contributed by atoms with van der Waals surface area (Å²) >= 11 is 12.5. The van der Waals surface area contributed by atoms with Gasteiger partial charge in [-0.2, -0.15) is 0 Å². The number of fused-ring (bicyclic) bond motifs is 1. The number of halogens is 2. The van der Waals surface area contributed by atoms with Crippen molar-refractivity contribution in [3.05, 3.63) is 87.9 Å². The molecule has 0 bridgehead atoms. The predicted octanol–water partition coefficient (Wildman–Crippen LogP) is 4.37. The summed E-state index contributed by atoms with van der Waals surface area (Å²) in [4.78, 5) is 11.4. The smallest absolute Gasteiger partial charge is 0.198 e. The molecule has 36 heavy (non-hydrogen) atoms. The summed E-state index contributed by atoms with van der Waals surface area (Å²) in [7, 11) is -1.71. The number of guanidine groups is 1. The summed E-state index contributed by atoms with van der Waals surface area (Å²) in [6.45, 7) is 0.323. The third kappa shape index (κ3) is 4.23. The lowest BCUT2D eigenvalue weighted by Gasteiger charge is -2.35. The Morgan fingerprint density at radius 3 is 2.33 bits per heavy atom. The standard InChI is InChI=1S/C26H24Cl2N4O3S/c1-35-22-8-6-18(7-9-22)26(24-30-14-23(36(2,33)34)15-32(24)25(29)31-26)19-5-3-4-16(10-19)17-11-20(27)13-21(28)12-17/h3-13,23H,14-15H2,1-2H3,(H2,29,31). The predicted molar refractivity (Wildman–Crippen MR) is 145 cm³/mol. The van der Waals surface area contributed by atoms with Gasteiger partial charge in [0.15, 0.2) is 21.3 Å². The highest BCUT2D eigenvalue weighted by molar-refractivity contribution is 7.91. The molecule has 2 aliphatic rings. The Morgan fingerprint density at radius 2 is 1.69 bits per heavy atom. The van der Waals surface area contributed by atoms with Crippen LogP contribution in [-0.2, 0) is 15.4 Å². The fourth-order valence-corrected chi connectivity index (χ4v) is 6.01. The Hall–Kier alpha value is -3.07. The van der Waals surface area contributed by atoms with Crippen LogP contribution >= 0.6 is 23.2 Å². The molecule has 2 unspecified atom stereocenters. The molecule has 0 saturated carbocycles. The molecule has 2 N–H and O–H groups in total. The number of sulfone groups is 1. The molecular weight excluding hydrogens is 519 g/mol. The molecular formula is C26H24Cl2N4O3S. The lowest BCUT2D eigenvalue weighted by atomic mass is 9.81. The minimum Gasteiger partial charge on any atom is -0.497 e. The van der Waals surface area contributed by atoms with Gasteiger partial charge in [-0.05, 0) is 58.7 Å². The van der Waals surface area contributed by atoms with Crippen molar-refractivity contribution in [2.24, 2.45) is 15.7 Å². The summed E-state index contributed by atoms with van der Waals surface area (Å²) in [5.74, 6) is 1.51. The van der Waals surface area contributed by atoms with E-state index in [9.17, 15) is 8.42 Å². The number of rotatable bonds is 5. The molecule has 2 heterocycles. The van der Waals surface area contributed by atoms with Crippen molar-refractivity contribution < 1.29 is 13.2 Å². The molecule has 0 saturated heterocycles. The van der Waals surface area contributed by atoms with Gasteiger partial charge in [-0.1, -0.05) is 53.5 Å². The molecule has 0 aliphatic carbocycles. The Balaban J connectivity index is 1.72. The van der Waals surface area contributed by atoms with Gasteiger partial charge in [0.25, 0.3) is 0 Å². The van der Waals surface area contributed by atoms with Crippen LogP contribution in [0.5, 0.6) is 5.75 Å². The third-order valence-corrected chi connectivity index (χ3v) is 8.50. The minimum atomic E-state index is -3.32. The van der Waals surface area contributed by atoms with Crippen LogP contribution in [0.2, 0.25) is 10.0 Å². The van der Waals surface area contributed by atoms with Crippen LogP contribution in [0.4, 0.5) is 0 Å². The Kier molecular flexibility index (Phi) is 6.22. The Bertz CT molecular complexity index is 1490. The molecule has 3 aromatic carbocycles. The maximum Gasteiger partial charge on any atom is 0.198 e. The zero-order valence-corrected chi connectivity index (χ0v) is 22.0. The van der Waals surface area contributed by atoms with Crippen LogP contribution in [0.15, 0.2) is 76.7 Å². The van der Waals surface area contributed by atoms with Gasteiger partial charge in [0, 0.05) is 22.8 Å². The zero-order chi connectivity index (χ0) is 25.7. The molecule has 2 aliphatic heterocycles.